The highest BCUT2D eigenvalue weighted by atomic mass is 19.4. The summed E-state index contributed by atoms with van der Waals surface area (Å²) in [5.74, 6) is 0.00556. The maximum atomic E-state index is 13.6. The fourth-order valence-corrected chi connectivity index (χ4v) is 6.29. The number of carbonyl (C=O) groups is 2. The summed E-state index contributed by atoms with van der Waals surface area (Å²) in [5, 5.41) is 0. The standard InChI is InChI=1S/C35H34F6N2O5/c1-19-30(22-12-24(34(36,37)38)14-25(13-22)35(39,40)41)48-32(45)43(19)18-23-16-33(2,3)11-10-26(23)27-15-28(42-17-29(27)46-4)20-6-8-21(9-7-20)31(44)47-5/h6-9,12-15,17,19,30H,10-11,16,18H2,1-5H3/t19?,30-/m0/s1. The minimum atomic E-state index is -5.04. The summed E-state index contributed by atoms with van der Waals surface area (Å²) in [6.45, 7) is 5.74. The average molecular weight is 677 g/mol. The Hall–Kier alpha value is -4.55. The number of esters is 1. The number of hydrogen-bond acceptors (Lipinski definition) is 6. The van der Waals surface area contributed by atoms with Gasteiger partial charge in [-0.25, -0.2) is 9.59 Å². The third-order valence-electron chi connectivity index (χ3n) is 8.88. The van der Waals surface area contributed by atoms with E-state index < -0.39 is 53.3 Å². The number of alkyl halides is 6. The van der Waals surface area contributed by atoms with Gasteiger partial charge >= 0.3 is 24.4 Å². The Bertz CT molecular complexity index is 1720. The molecule has 2 aromatic carbocycles. The summed E-state index contributed by atoms with van der Waals surface area (Å²) >= 11 is 0. The summed E-state index contributed by atoms with van der Waals surface area (Å²) in [5.41, 5.74) is 0.658. The molecule has 2 atom stereocenters. The monoisotopic (exact) mass is 676 g/mol. The van der Waals surface area contributed by atoms with Gasteiger partial charge in [0.1, 0.15) is 11.9 Å². The molecule has 48 heavy (non-hydrogen) atoms. The number of aromatic nitrogens is 1. The van der Waals surface area contributed by atoms with E-state index in [9.17, 15) is 35.9 Å². The van der Waals surface area contributed by atoms with Crippen LogP contribution in [-0.2, 0) is 21.8 Å². The van der Waals surface area contributed by atoms with Crippen molar-refractivity contribution in [1.29, 1.82) is 0 Å². The Labute approximate surface area is 273 Å². The van der Waals surface area contributed by atoms with Crippen molar-refractivity contribution in [3.8, 4) is 17.0 Å². The van der Waals surface area contributed by atoms with Crippen LogP contribution < -0.4 is 4.74 Å². The molecule has 2 heterocycles. The largest absolute Gasteiger partial charge is 0.495 e. The van der Waals surface area contributed by atoms with E-state index >= 15 is 0 Å². The zero-order chi connectivity index (χ0) is 35.2. The highest BCUT2D eigenvalue weighted by molar-refractivity contribution is 5.90. The zero-order valence-electron chi connectivity index (χ0n) is 26.9. The molecule has 0 radical (unpaired) electrons. The first-order chi connectivity index (χ1) is 22.4. The summed E-state index contributed by atoms with van der Waals surface area (Å²) in [4.78, 5) is 31.0. The van der Waals surface area contributed by atoms with Crippen LogP contribution in [0.1, 0.15) is 78.7 Å². The lowest BCUT2D eigenvalue weighted by Crippen LogP contribution is -2.35. The van der Waals surface area contributed by atoms with E-state index in [1.54, 1.807) is 37.4 Å². The van der Waals surface area contributed by atoms with Crippen LogP contribution >= 0.6 is 0 Å². The SMILES string of the molecule is COC(=O)c1ccc(-c2cc(C3=C(CN4C(=O)O[C@H](c5cc(C(F)(F)F)cc(C(F)(F)F)c5)C4C)CC(C)(C)CC3)c(OC)cn2)cc1. The molecule has 1 fully saturated rings. The average Bonchev–Trinajstić information content (AvgIpc) is 3.31. The van der Waals surface area contributed by atoms with E-state index in [0.29, 0.717) is 42.0 Å². The number of cyclic esters (lactones) is 1. The Morgan fingerprint density at radius 3 is 2.19 bits per heavy atom. The van der Waals surface area contributed by atoms with Crippen molar-refractivity contribution in [1.82, 2.24) is 9.88 Å². The second kappa shape index (κ2) is 12.8. The lowest BCUT2D eigenvalue weighted by Gasteiger charge is -2.36. The fourth-order valence-electron chi connectivity index (χ4n) is 6.29. The maximum Gasteiger partial charge on any atom is 0.416 e. The van der Waals surface area contributed by atoms with Gasteiger partial charge in [-0.15, -0.1) is 0 Å². The summed E-state index contributed by atoms with van der Waals surface area (Å²) in [6, 6.07) is 8.95. The normalized spacial score (nSPS) is 19.7. The lowest BCUT2D eigenvalue weighted by molar-refractivity contribution is -0.143. The van der Waals surface area contributed by atoms with Crippen molar-refractivity contribution >= 4 is 17.6 Å². The fraction of sp³-hybridized carbons (Fsp3) is 0.400. The van der Waals surface area contributed by atoms with Crippen LogP contribution in [0, 0.1) is 5.41 Å². The molecule has 2 aliphatic rings. The molecular weight excluding hydrogens is 642 g/mol. The zero-order valence-corrected chi connectivity index (χ0v) is 26.9. The molecule has 1 aliphatic carbocycles. The molecule has 1 aromatic heterocycles. The van der Waals surface area contributed by atoms with Gasteiger partial charge in [-0.05, 0) is 84.7 Å². The molecule has 1 aliphatic heterocycles. The number of pyridine rings is 1. The van der Waals surface area contributed by atoms with Gasteiger partial charge in [0.25, 0.3) is 0 Å². The molecule has 1 saturated heterocycles. The highest BCUT2D eigenvalue weighted by Crippen LogP contribution is 2.47. The molecule has 5 rings (SSSR count). The molecule has 0 N–H and O–H groups in total. The van der Waals surface area contributed by atoms with Gasteiger partial charge in [-0.2, -0.15) is 26.3 Å². The molecule has 1 amide bonds. The molecule has 0 saturated carbocycles. The quantitative estimate of drug-likeness (QED) is 0.184. The van der Waals surface area contributed by atoms with Crippen molar-refractivity contribution in [2.45, 2.75) is 64.5 Å². The Morgan fingerprint density at radius 2 is 1.62 bits per heavy atom. The number of amides is 1. The van der Waals surface area contributed by atoms with Gasteiger partial charge in [0.2, 0.25) is 0 Å². The molecule has 0 bridgehead atoms. The van der Waals surface area contributed by atoms with Gasteiger partial charge in [0.05, 0.1) is 48.8 Å². The van der Waals surface area contributed by atoms with Crippen molar-refractivity contribution in [2.75, 3.05) is 20.8 Å². The van der Waals surface area contributed by atoms with Gasteiger partial charge in [0, 0.05) is 17.7 Å². The number of hydrogen-bond donors (Lipinski definition) is 0. The number of halogens is 6. The molecule has 7 nitrogen and oxygen atoms in total. The minimum absolute atomic E-state index is 0.0367. The van der Waals surface area contributed by atoms with Crippen LogP contribution in [0.5, 0.6) is 5.75 Å². The third-order valence-corrected chi connectivity index (χ3v) is 8.88. The Morgan fingerprint density at radius 1 is 1.00 bits per heavy atom. The van der Waals surface area contributed by atoms with Crippen LogP contribution in [0.25, 0.3) is 16.8 Å². The van der Waals surface area contributed by atoms with E-state index in [-0.39, 0.29) is 18.0 Å². The van der Waals surface area contributed by atoms with E-state index in [4.69, 9.17) is 14.2 Å². The Kier molecular flexibility index (Phi) is 9.28. The van der Waals surface area contributed by atoms with Crippen LogP contribution in [-0.4, -0.2) is 48.8 Å². The second-order valence-electron chi connectivity index (χ2n) is 12.8. The second-order valence-corrected chi connectivity index (χ2v) is 12.8. The first kappa shape index (κ1) is 34.8. The van der Waals surface area contributed by atoms with Crippen molar-refractivity contribution in [3.05, 3.63) is 88.1 Å². The van der Waals surface area contributed by atoms with Crippen molar-refractivity contribution in [2.24, 2.45) is 5.41 Å². The summed E-state index contributed by atoms with van der Waals surface area (Å²) < 4.78 is 97.5. The predicted molar refractivity (Wildman–Crippen MR) is 164 cm³/mol. The lowest BCUT2D eigenvalue weighted by atomic mass is 9.72. The van der Waals surface area contributed by atoms with Gasteiger partial charge in [-0.1, -0.05) is 26.0 Å². The maximum absolute atomic E-state index is 13.6. The van der Waals surface area contributed by atoms with E-state index in [1.807, 2.05) is 6.07 Å². The van der Waals surface area contributed by atoms with E-state index in [2.05, 4.69) is 18.8 Å². The summed E-state index contributed by atoms with van der Waals surface area (Å²) in [7, 11) is 2.80. The van der Waals surface area contributed by atoms with Gasteiger partial charge < -0.3 is 14.2 Å². The molecule has 13 heteroatoms. The number of carbonyl (C=O) groups excluding carboxylic acids is 2. The number of allylic oxidation sites excluding steroid dienone is 1. The number of nitrogens with zero attached hydrogens (tertiary/aromatic N) is 2. The van der Waals surface area contributed by atoms with E-state index in [1.165, 1.54) is 19.1 Å². The van der Waals surface area contributed by atoms with Crippen LogP contribution in [0.3, 0.4) is 0 Å². The van der Waals surface area contributed by atoms with Crippen molar-refractivity contribution < 1.29 is 50.1 Å². The number of ether oxygens (including phenoxy) is 3. The smallest absolute Gasteiger partial charge is 0.416 e. The molecule has 1 unspecified atom stereocenters. The highest BCUT2D eigenvalue weighted by Gasteiger charge is 2.44. The first-order valence-corrected chi connectivity index (χ1v) is 15.1. The van der Waals surface area contributed by atoms with Crippen LogP contribution in [0.15, 0.2) is 60.3 Å². The third kappa shape index (κ3) is 7.14. The van der Waals surface area contributed by atoms with E-state index in [0.717, 1.165) is 28.7 Å². The topological polar surface area (TPSA) is 78.0 Å². The molecule has 3 aromatic rings. The molecule has 256 valence electrons. The van der Waals surface area contributed by atoms with Gasteiger partial charge in [0.15, 0.2) is 0 Å². The Balaban J connectivity index is 1.53. The number of rotatable bonds is 7. The minimum Gasteiger partial charge on any atom is -0.495 e. The summed E-state index contributed by atoms with van der Waals surface area (Å²) in [6.07, 6.45) is -8.75. The van der Waals surface area contributed by atoms with Gasteiger partial charge in [-0.3, -0.25) is 9.88 Å². The first-order valence-electron chi connectivity index (χ1n) is 15.1. The van der Waals surface area contributed by atoms with Crippen LogP contribution in [0.4, 0.5) is 31.1 Å². The number of benzene rings is 2. The van der Waals surface area contributed by atoms with Crippen LogP contribution in [0.2, 0.25) is 0 Å². The number of methoxy groups -OCH3 is 2. The molecular formula is C35H34F6N2O5. The molecule has 0 spiro atoms. The van der Waals surface area contributed by atoms with Crippen molar-refractivity contribution in [3.63, 3.8) is 0 Å². The predicted octanol–water partition coefficient (Wildman–Crippen LogP) is 9.13.